The van der Waals surface area contributed by atoms with Gasteiger partial charge in [-0.3, -0.25) is 9.69 Å². The molecule has 0 N–H and O–H groups in total. The van der Waals surface area contributed by atoms with E-state index in [1.54, 1.807) is 42.5 Å². The summed E-state index contributed by atoms with van der Waals surface area (Å²) in [6.07, 6.45) is 0.687. The van der Waals surface area contributed by atoms with Gasteiger partial charge in [-0.05, 0) is 48.4 Å². The number of carbonyl (C=O) groups is 2. The van der Waals surface area contributed by atoms with Crippen LogP contribution in [0.1, 0.15) is 31.0 Å². The SMILES string of the molecule is CC(=O)Oc1cccc(C#Cc2ccc(N3CCC4(CC3)CN(c3ccccc3F)C(=O)O4)nn2)c1. The third-order valence-corrected chi connectivity index (χ3v) is 6.19. The molecule has 182 valence electrons. The van der Waals surface area contributed by atoms with Crippen molar-refractivity contribution in [1.29, 1.82) is 0 Å². The molecule has 0 atom stereocenters. The largest absolute Gasteiger partial charge is 0.440 e. The van der Waals surface area contributed by atoms with Gasteiger partial charge in [0.25, 0.3) is 0 Å². The molecule has 5 rings (SSSR count). The predicted molar refractivity (Wildman–Crippen MR) is 130 cm³/mol. The monoisotopic (exact) mass is 486 g/mol. The van der Waals surface area contributed by atoms with Crippen molar-refractivity contribution >= 4 is 23.6 Å². The van der Waals surface area contributed by atoms with Gasteiger partial charge in [0, 0.05) is 38.4 Å². The lowest BCUT2D eigenvalue weighted by atomic mass is 9.91. The molecule has 2 fully saturated rings. The van der Waals surface area contributed by atoms with Gasteiger partial charge in [-0.25, -0.2) is 9.18 Å². The summed E-state index contributed by atoms with van der Waals surface area (Å²) in [6, 6.07) is 16.8. The van der Waals surface area contributed by atoms with Crippen LogP contribution in [0, 0.1) is 17.7 Å². The molecule has 36 heavy (non-hydrogen) atoms. The maximum absolute atomic E-state index is 14.2. The zero-order valence-corrected chi connectivity index (χ0v) is 19.6. The number of piperidine rings is 1. The molecule has 9 heteroatoms. The lowest BCUT2D eigenvalue weighted by Gasteiger charge is -2.37. The van der Waals surface area contributed by atoms with Crippen LogP contribution in [-0.2, 0) is 9.53 Å². The Morgan fingerprint density at radius 1 is 1.06 bits per heavy atom. The minimum absolute atomic E-state index is 0.238. The first kappa shape index (κ1) is 23.3. The van der Waals surface area contributed by atoms with E-state index >= 15 is 0 Å². The van der Waals surface area contributed by atoms with E-state index < -0.39 is 23.5 Å². The van der Waals surface area contributed by atoms with Crippen LogP contribution in [0.3, 0.4) is 0 Å². The summed E-state index contributed by atoms with van der Waals surface area (Å²) in [6.45, 7) is 2.92. The Morgan fingerprint density at radius 3 is 2.58 bits per heavy atom. The van der Waals surface area contributed by atoms with Gasteiger partial charge >= 0.3 is 12.1 Å². The molecule has 1 spiro atoms. The van der Waals surface area contributed by atoms with Crippen LogP contribution in [0.5, 0.6) is 5.75 Å². The molecule has 2 aliphatic rings. The fourth-order valence-electron chi connectivity index (χ4n) is 4.38. The molecule has 0 saturated carbocycles. The number of ether oxygens (including phenoxy) is 2. The Labute approximate surface area is 207 Å². The van der Waals surface area contributed by atoms with Gasteiger partial charge in [-0.2, -0.15) is 0 Å². The van der Waals surface area contributed by atoms with Gasteiger partial charge in [0.05, 0.1) is 12.2 Å². The molecule has 1 aromatic heterocycles. The van der Waals surface area contributed by atoms with Crippen LogP contribution in [0.2, 0.25) is 0 Å². The first-order valence-electron chi connectivity index (χ1n) is 11.6. The van der Waals surface area contributed by atoms with Crippen molar-refractivity contribution in [3.05, 3.63) is 77.7 Å². The fraction of sp³-hybridized carbons (Fsp3) is 0.259. The number of halogens is 1. The number of rotatable bonds is 3. The quantitative estimate of drug-likeness (QED) is 0.315. The second-order valence-electron chi connectivity index (χ2n) is 8.72. The molecule has 2 aliphatic heterocycles. The van der Waals surface area contributed by atoms with Crippen molar-refractivity contribution in [3.8, 4) is 17.6 Å². The number of hydrogen-bond donors (Lipinski definition) is 0. The Hall–Kier alpha value is -4.45. The summed E-state index contributed by atoms with van der Waals surface area (Å²) >= 11 is 0. The predicted octanol–water partition coefficient (Wildman–Crippen LogP) is 3.94. The van der Waals surface area contributed by atoms with Crippen molar-refractivity contribution in [1.82, 2.24) is 10.2 Å². The molecular weight excluding hydrogens is 463 g/mol. The van der Waals surface area contributed by atoms with E-state index in [2.05, 4.69) is 26.9 Å². The van der Waals surface area contributed by atoms with Crippen molar-refractivity contribution in [3.63, 3.8) is 0 Å². The van der Waals surface area contributed by atoms with Crippen molar-refractivity contribution in [2.24, 2.45) is 0 Å². The van der Waals surface area contributed by atoms with E-state index in [1.165, 1.54) is 17.9 Å². The van der Waals surface area contributed by atoms with Crippen molar-refractivity contribution in [2.45, 2.75) is 25.4 Å². The van der Waals surface area contributed by atoms with Gasteiger partial charge in [0.2, 0.25) is 0 Å². The molecule has 0 unspecified atom stereocenters. The third-order valence-electron chi connectivity index (χ3n) is 6.19. The summed E-state index contributed by atoms with van der Waals surface area (Å²) in [5, 5.41) is 8.53. The summed E-state index contributed by atoms with van der Waals surface area (Å²) in [7, 11) is 0. The first-order valence-corrected chi connectivity index (χ1v) is 11.6. The molecule has 0 radical (unpaired) electrons. The highest BCUT2D eigenvalue weighted by Crippen LogP contribution is 2.37. The molecular formula is C27H23FN4O4. The number of para-hydroxylation sites is 1. The van der Waals surface area contributed by atoms with Crippen LogP contribution in [0.4, 0.5) is 20.7 Å². The smallest absolute Gasteiger partial charge is 0.415 e. The third kappa shape index (κ3) is 4.98. The van der Waals surface area contributed by atoms with Crippen molar-refractivity contribution in [2.75, 3.05) is 29.4 Å². The Balaban J connectivity index is 1.21. The van der Waals surface area contributed by atoms with E-state index in [4.69, 9.17) is 9.47 Å². The number of carbonyl (C=O) groups excluding carboxylic acids is 2. The van der Waals surface area contributed by atoms with Gasteiger partial charge in [-0.1, -0.05) is 24.1 Å². The van der Waals surface area contributed by atoms with Crippen LogP contribution in [0.25, 0.3) is 0 Å². The standard InChI is InChI=1S/C27H23FN4O4/c1-19(33)35-22-6-4-5-20(17-22)9-10-21-11-12-25(30-29-21)31-15-13-27(14-16-31)18-32(26(34)36-27)24-8-3-2-7-23(24)28/h2-8,11-12,17H,13-16,18H2,1H3. The summed E-state index contributed by atoms with van der Waals surface area (Å²) in [4.78, 5) is 27.1. The zero-order chi connectivity index (χ0) is 25.1. The minimum atomic E-state index is -0.644. The Kier molecular flexibility index (Phi) is 6.25. The molecule has 3 aromatic rings. The molecule has 3 heterocycles. The molecule has 2 saturated heterocycles. The number of esters is 1. The van der Waals surface area contributed by atoms with E-state index in [1.807, 2.05) is 12.1 Å². The van der Waals surface area contributed by atoms with E-state index in [-0.39, 0.29) is 5.69 Å². The van der Waals surface area contributed by atoms with E-state index in [9.17, 15) is 14.0 Å². The fourth-order valence-corrected chi connectivity index (χ4v) is 4.38. The van der Waals surface area contributed by atoms with Crippen LogP contribution in [-0.4, -0.2) is 47.5 Å². The highest BCUT2D eigenvalue weighted by molar-refractivity contribution is 5.90. The molecule has 0 aliphatic carbocycles. The Bertz CT molecular complexity index is 1360. The highest BCUT2D eigenvalue weighted by atomic mass is 19.1. The minimum Gasteiger partial charge on any atom is -0.440 e. The number of amides is 1. The Morgan fingerprint density at radius 2 is 1.86 bits per heavy atom. The number of nitrogens with zero attached hydrogens (tertiary/aromatic N) is 4. The summed E-state index contributed by atoms with van der Waals surface area (Å²) in [5.41, 5.74) is 0.796. The number of aromatic nitrogens is 2. The van der Waals surface area contributed by atoms with Gasteiger partial charge in [0.15, 0.2) is 5.82 Å². The first-order chi connectivity index (χ1) is 17.4. The van der Waals surface area contributed by atoms with Crippen LogP contribution < -0.4 is 14.5 Å². The maximum Gasteiger partial charge on any atom is 0.415 e. The van der Waals surface area contributed by atoms with E-state index in [0.717, 1.165) is 0 Å². The molecule has 2 aromatic carbocycles. The molecule has 1 amide bonds. The topological polar surface area (TPSA) is 84.9 Å². The summed E-state index contributed by atoms with van der Waals surface area (Å²) < 4.78 is 25.0. The summed E-state index contributed by atoms with van der Waals surface area (Å²) in [5.74, 6) is 6.27. The van der Waals surface area contributed by atoms with Gasteiger partial charge in [-0.15, -0.1) is 10.2 Å². The van der Waals surface area contributed by atoms with Gasteiger partial charge < -0.3 is 14.4 Å². The average Bonchev–Trinajstić information content (AvgIpc) is 3.19. The second kappa shape index (κ2) is 9.66. The lowest BCUT2D eigenvalue weighted by molar-refractivity contribution is -0.131. The number of hydrogen-bond acceptors (Lipinski definition) is 7. The molecule has 8 nitrogen and oxygen atoms in total. The number of benzene rings is 2. The zero-order valence-electron chi connectivity index (χ0n) is 19.6. The molecule has 0 bridgehead atoms. The van der Waals surface area contributed by atoms with Crippen LogP contribution in [0.15, 0.2) is 60.7 Å². The average molecular weight is 487 g/mol. The second-order valence-corrected chi connectivity index (χ2v) is 8.72. The van der Waals surface area contributed by atoms with E-state index in [0.29, 0.717) is 55.3 Å². The number of anilines is 2. The van der Waals surface area contributed by atoms with Crippen molar-refractivity contribution < 1.29 is 23.5 Å². The highest BCUT2D eigenvalue weighted by Gasteiger charge is 2.48. The lowest BCUT2D eigenvalue weighted by Crippen LogP contribution is -2.47. The normalized spacial score (nSPS) is 16.3. The maximum atomic E-state index is 14.2. The van der Waals surface area contributed by atoms with Crippen LogP contribution >= 0.6 is 0 Å². The van der Waals surface area contributed by atoms with Gasteiger partial charge in [0.1, 0.15) is 22.9 Å².